The zero-order valence-corrected chi connectivity index (χ0v) is 10.2. The van der Waals surface area contributed by atoms with Crippen LogP contribution in [0, 0.1) is 20.8 Å². The van der Waals surface area contributed by atoms with Gasteiger partial charge in [0.1, 0.15) is 17.7 Å². The van der Waals surface area contributed by atoms with Gasteiger partial charge in [0, 0.05) is 0 Å². The Hall–Kier alpha value is -1.81. The third kappa shape index (κ3) is 2.31. The van der Waals surface area contributed by atoms with E-state index in [2.05, 4.69) is 4.98 Å². The van der Waals surface area contributed by atoms with Crippen molar-refractivity contribution in [1.29, 1.82) is 0 Å². The summed E-state index contributed by atoms with van der Waals surface area (Å²) in [5.74, 6) is 0.760. The van der Waals surface area contributed by atoms with Gasteiger partial charge in [-0.2, -0.15) is 4.98 Å². The van der Waals surface area contributed by atoms with Crippen molar-refractivity contribution < 1.29 is 14.3 Å². The lowest BCUT2D eigenvalue weighted by Crippen LogP contribution is -1.94. The predicted octanol–water partition coefficient (Wildman–Crippen LogP) is 2.88. The van der Waals surface area contributed by atoms with Crippen LogP contribution in [0.1, 0.15) is 22.4 Å². The number of aliphatic hydroxyl groups is 1. The third-order valence-corrected chi connectivity index (χ3v) is 2.76. The monoisotopic (exact) mass is 233 g/mol. The standard InChI is InChI=1S/C13H15NO3/c1-8-4-5-9(2)12(10(8)3)17-13-14-11(6-15)7-16-13/h4-5,7,15H,6H2,1-3H3. The zero-order chi connectivity index (χ0) is 12.4. The molecule has 0 radical (unpaired) electrons. The number of aryl methyl sites for hydroxylation is 2. The molecule has 0 aliphatic rings. The van der Waals surface area contributed by atoms with Crippen LogP contribution < -0.4 is 4.74 Å². The molecule has 0 saturated heterocycles. The largest absolute Gasteiger partial charge is 0.417 e. The summed E-state index contributed by atoms with van der Waals surface area (Å²) >= 11 is 0. The molecule has 0 fully saturated rings. The molecule has 1 heterocycles. The van der Waals surface area contributed by atoms with Crippen molar-refractivity contribution in [3.05, 3.63) is 40.8 Å². The normalized spacial score (nSPS) is 10.6. The lowest BCUT2D eigenvalue weighted by atomic mass is 10.1. The Morgan fingerprint density at radius 1 is 1.24 bits per heavy atom. The molecule has 4 nitrogen and oxygen atoms in total. The highest BCUT2D eigenvalue weighted by Gasteiger charge is 2.11. The van der Waals surface area contributed by atoms with Crippen LogP contribution in [0.2, 0.25) is 0 Å². The van der Waals surface area contributed by atoms with Crippen LogP contribution in [0.4, 0.5) is 0 Å². The lowest BCUT2D eigenvalue weighted by molar-refractivity contribution is 0.276. The number of oxazole rings is 1. The molecule has 1 aromatic carbocycles. The second kappa shape index (κ2) is 4.59. The second-order valence-corrected chi connectivity index (χ2v) is 4.02. The number of aromatic nitrogens is 1. The van der Waals surface area contributed by atoms with E-state index < -0.39 is 0 Å². The molecule has 1 N–H and O–H groups in total. The molecule has 17 heavy (non-hydrogen) atoms. The Bertz CT molecular complexity index is 531. The van der Waals surface area contributed by atoms with Crippen LogP contribution in [-0.2, 0) is 6.61 Å². The van der Waals surface area contributed by atoms with E-state index in [1.54, 1.807) is 0 Å². The SMILES string of the molecule is Cc1ccc(C)c(Oc2nc(CO)co2)c1C. The van der Waals surface area contributed by atoms with Gasteiger partial charge < -0.3 is 14.3 Å². The summed E-state index contributed by atoms with van der Waals surface area (Å²) in [6.07, 6.45) is 1.54. The van der Waals surface area contributed by atoms with Crippen molar-refractivity contribution in [3.63, 3.8) is 0 Å². The summed E-state index contributed by atoms with van der Waals surface area (Å²) in [4.78, 5) is 4.00. The highest BCUT2D eigenvalue weighted by atomic mass is 16.6. The molecule has 0 spiro atoms. The third-order valence-electron chi connectivity index (χ3n) is 2.76. The summed E-state index contributed by atoms with van der Waals surface area (Å²) in [6.45, 7) is 5.83. The molecular weight excluding hydrogens is 218 g/mol. The van der Waals surface area contributed by atoms with E-state index in [1.165, 1.54) is 6.26 Å². The lowest BCUT2D eigenvalue weighted by Gasteiger charge is -2.10. The van der Waals surface area contributed by atoms with E-state index >= 15 is 0 Å². The highest BCUT2D eigenvalue weighted by Crippen LogP contribution is 2.30. The maximum Gasteiger partial charge on any atom is 0.399 e. The van der Waals surface area contributed by atoms with E-state index in [4.69, 9.17) is 14.3 Å². The Morgan fingerprint density at radius 3 is 2.59 bits per heavy atom. The van der Waals surface area contributed by atoms with E-state index in [1.807, 2.05) is 32.9 Å². The number of nitrogens with zero attached hydrogens (tertiary/aromatic N) is 1. The van der Waals surface area contributed by atoms with E-state index in [0.717, 1.165) is 22.4 Å². The number of ether oxygens (including phenoxy) is 1. The van der Waals surface area contributed by atoms with Gasteiger partial charge in [-0.05, 0) is 37.5 Å². The van der Waals surface area contributed by atoms with E-state index in [9.17, 15) is 0 Å². The minimum atomic E-state index is -0.154. The molecule has 0 bridgehead atoms. The second-order valence-electron chi connectivity index (χ2n) is 4.02. The van der Waals surface area contributed by atoms with Crippen LogP contribution in [-0.4, -0.2) is 10.1 Å². The molecule has 0 amide bonds. The molecule has 2 aromatic rings. The summed E-state index contributed by atoms with van der Waals surface area (Å²) in [6, 6.07) is 4.04. The Labute approximate surface area is 99.9 Å². The summed E-state index contributed by atoms with van der Waals surface area (Å²) in [5, 5.41) is 8.89. The van der Waals surface area contributed by atoms with Crippen molar-refractivity contribution in [3.8, 4) is 11.8 Å². The first-order valence-electron chi connectivity index (χ1n) is 5.41. The number of hydrogen-bond acceptors (Lipinski definition) is 4. The van der Waals surface area contributed by atoms with Crippen molar-refractivity contribution >= 4 is 0 Å². The van der Waals surface area contributed by atoms with Gasteiger partial charge in [0.05, 0.1) is 6.61 Å². The average molecular weight is 233 g/mol. The Morgan fingerprint density at radius 2 is 1.94 bits per heavy atom. The van der Waals surface area contributed by atoms with Crippen LogP contribution in [0.3, 0.4) is 0 Å². The fourth-order valence-corrected chi connectivity index (χ4v) is 1.58. The molecule has 0 saturated carbocycles. The molecule has 0 aliphatic heterocycles. The van der Waals surface area contributed by atoms with Crippen molar-refractivity contribution in [2.45, 2.75) is 27.4 Å². The molecule has 0 unspecified atom stereocenters. The number of hydrogen-bond donors (Lipinski definition) is 1. The summed E-state index contributed by atoms with van der Waals surface area (Å²) in [5.41, 5.74) is 3.70. The molecule has 0 aliphatic carbocycles. The fraction of sp³-hybridized carbons (Fsp3) is 0.308. The number of benzene rings is 1. The summed E-state index contributed by atoms with van der Waals surface area (Å²) in [7, 11) is 0. The van der Waals surface area contributed by atoms with Gasteiger partial charge in [0.25, 0.3) is 0 Å². The zero-order valence-electron chi connectivity index (χ0n) is 10.2. The minimum Gasteiger partial charge on any atom is -0.417 e. The highest BCUT2D eigenvalue weighted by molar-refractivity contribution is 5.45. The van der Waals surface area contributed by atoms with Gasteiger partial charge in [0.15, 0.2) is 0 Å². The molecule has 1 aromatic heterocycles. The molecule has 0 atom stereocenters. The van der Waals surface area contributed by atoms with E-state index in [0.29, 0.717) is 5.69 Å². The summed E-state index contributed by atoms with van der Waals surface area (Å²) < 4.78 is 10.7. The van der Waals surface area contributed by atoms with Crippen LogP contribution >= 0.6 is 0 Å². The van der Waals surface area contributed by atoms with Gasteiger partial charge in [-0.15, -0.1) is 0 Å². The van der Waals surface area contributed by atoms with Gasteiger partial charge in [-0.25, -0.2) is 0 Å². The van der Waals surface area contributed by atoms with Gasteiger partial charge in [-0.1, -0.05) is 12.1 Å². The average Bonchev–Trinajstić information content (AvgIpc) is 2.77. The van der Waals surface area contributed by atoms with Crippen molar-refractivity contribution in [2.75, 3.05) is 0 Å². The van der Waals surface area contributed by atoms with Crippen LogP contribution in [0.25, 0.3) is 0 Å². The van der Waals surface area contributed by atoms with Gasteiger partial charge >= 0.3 is 6.08 Å². The first-order valence-corrected chi connectivity index (χ1v) is 5.41. The fourth-order valence-electron chi connectivity index (χ4n) is 1.58. The van der Waals surface area contributed by atoms with Crippen molar-refractivity contribution in [2.24, 2.45) is 0 Å². The maximum absolute atomic E-state index is 8.89. The maximum atomic E-state index is 8.89. The predicted molar refractivity (Wildman–Crippen MR) is 63.2 cm³/mol. The number of rotatable bonds is 3. The molecule has 2 rings (SSSR count). The topological polar surface area (TPSA) is 55.5 Å². The van der Waals surface area contributed by atoms with E-state index in [-0.39, 0.29) is 12.7 Å². The first kappa shape index (κ1) is 11.7. The molecule has 4 heteroatoms. The minimum absolute atomic E-state index is 0.154. The molecule has 90 valence electrons. The Kier molecular flexibility index (Phi) is 3.15. The van der Waals surface area contributed by atoms with Crippen LogP contribution in [0.15, 0.2) is 22.8 Å². The van der Waals surface area contributed by atoms with Crippen LogP contribution in [0.5, 0.6) is 11.8 Å². The van der Waals surface area contributed by atoms with Gasteiger partial charge in [-0.3, -0.25) is 0 Å². The van der Waals surface area contributed by atoms with Gasteiger partial charge in [0.2, 0.25) is 0 Å². The Balaban J connectivity index is 2.32. The number of aliphatic hydroxyl groups excluding tert-OH is 1. The molecular formula is C13H15NO3. The quantitative estimate of drug-likeness (QED) is 0.885. The smallest absolute Gasteiger partial charge is 0.399 e. The van der Waals surface area contributed by atoms with Crippen molar-refractivity contribution in [1.82, 2.24) is 4.98 Å². The first-order chi connectivity index (χ1) is 8.11.